The summed E-state index contributed by atoms with van der Waals surface area (Å²) < 4.78 is 43.5. The fourth-order valence-corrected chi connectivity index (χ4v) is 1.63. The van der Waals surface area contributed by atoms with E-state index < -0.39 is 17.9 Å². The van der Waals surface area contributed by atoms with Crippen LogP contribution in [0.4, 0.5) is 13.2 Å². The quantitative estimate of drug-likeness (QED) is 0.308. The van der Waals surface area contributed by atoms with Crippen LogP contribution in [0.15, 0.2) is 5.16 Å². The molecule has 0 aromatic rings. The molecule has 3 N–H and O–H groups in total. The van der Waals surface area contributed by atoms with Crippen molar-refractivity contribution < 1.29 is 23.1 Å². The van der Waals surface area contributed by atoms with Crippen molar-refractivity contribution in [2.24, 2.45) is 16.8 Å². The second-order valence-corrected chi connectivity index (χ2v) is 4.36. The van der Waals surface area contributed by atoms with Crippen molar-refractivity contribution in [1.29, 1.82) is 0 Å². The van der Waals surface area contributed by atoms with Crippen molar-refractivity contribution in [2.75, 3.05) is 26.8 Å². The van der Waals surface area contributed by atoms with Crippen molar-refractivity contribution in [3.8, 4) is 0 Å². The maximum Gasteiger partial charge on any atom is 0.400 e. The lowest BCUT2D eigenvalue weighted by molar-refractivity contribution is -0.161. The van der Waals surface area contributed by atoms with E-state index in [-0.39, 0.29) is 12.6 Å². The van der Waals surface area contributed by atoms with Crippen LogP contribution in [0, 0.1) is 5.92 Å². The van der Waals surface area contributed by atoms with Gasteiger partial charge in [-0.05, 0) is 13.3 Å². The maximum absolute atomic E-state index is 12.9. The van der Waals surface area contributed by atoms with E-state index in [1.165, 1.54) is 7.11 Å². The maximum atomic E-state index is 12.9. The standard InChI is InChI=1S/C11H22F3N3O2/c1-4-8(2)17(5-6-19-3)7-9(10(15)16-18)11(12,13)14/h8-9,18H,4-7H2,1-3H3,(H2,15,16). The van der Waals surface area contributed by atoms with E-state index in [1.807, 2.05) is 13.8 Å². The molecule has 2 atom stereocenters. The first-order valence-corrected chi connectivity index (χ1v) is 6.05. The van der Waals surface area contributed by atoms with E-state index in [0.717, 1.165) is 0 Å². The Labute approximate surface area is 111 Å². The van der Waals surface area contributed by atoms with E-state index in [1.54, 1.807) is 4.90 Å². The Kier molecular flexibility index (Phi) is 7.77. The monoisotopic (exact) mass is 285 g/mol. The zero-order valence-electron chi connectivity index (χ0n) is 11.4. The molecule has 19 heavy (non-hydrogen) atoms. The van der Waals surface area contributed by atoms with Crippen molar-refractivity contribution in [3.05, 3.63) is 0 Å². The molecule has 0 saturated heterocycles. The highest BCUT2D eigenvalue weighted by atomic mass is 19.4. The van der Waals surface area contributed by atoms with Crippen molar-refractivity contribution in [3.63, 3.8) is 0 Å². The zero-order valence-corrected chi connectivity index (χ0v) is 11.4. The van der Waals surface area contributed by atoms with E-state index in [9.17, 15) is 13.2 Å². The smallest absolute Gasteiger partial charge is 0.400 e. The van der Waals surface area contributed by atoms with E-state index in [4.69, 9.17) is 15.7 Å². The SMILES string of the molecule is CCC(C)N(CCOC)CC(C(N)=NO)C(F)(F)F. The molecule has 5 nitrogen and oxygen atoms in total. The van der Waals surface area contributed by atoms with E-state index in [0.29, 0.717) is 19.6 Å². The van der Waals surface area contributed by atoms with Gasteiger partial charge in [0.2, 0.25) is 0 Å². The number of halogens is 3. The summed E-state index contributed by atoms with van der Waals surface area (Å²) in [5, 5.41) is 11.0. The van der Waals surface area contributed by atoms with Crippen LogP contribution in [0.3, 0.4) is 0 Å². The predicted molar refractivity (Wildman–Crippen MR) is 66.2 cm³/mol. The summed E-state index contributed by atoms with van der Waals surface area (Å²) in [6.45, 7) is 4.05. The molecule has 0 bridgehead atoms. The number of hydrogen-bond acceptors (Lipinski definition) is 4. The normalized spacial score (nSPS) is 16.7. The number of rotatable bonds is 8. The van der Waals surface area contributed by atoms with Crippen molar-refractivity contribution >= 4 is 5.84 Å². The second-order valence-electron chi connectivity index (χ2n) is 4.36. The number of alkyl halides is 3. The lowest BCUT2D eigenvalue weighted by Gasteiger charge is -2.32. The summed E-state index contributed by atoms with van der Waals surface area (Å²) in [4.78, 5) is 1.62. The minimum absolute atomic E-state index is 0.0495. The highest BCUT2D eigenvalue weighted by Gasteiger charge is 2.44. The minimum Gasteiger partial charge on any atom is -0.409 e. The summed E-state index contributed by atoms with van der Waals surface area (Å²) in [6, 6.07) is -0.0495. The Morgan fingerprint density at radius 2 is 2.05 bits per heavy atom. The average molecular weight is 285 g/mol. The van der Waals surface area contributed by atoms with Gasteiger partial charge in [0.25, 0.3) is 0 Å². The molecule has 2 unspecified atom stereocenters. The molecule has 0 saturated carbocycles. The predicted octanol–water partition coefficient (Wildman–Crippen LogP) is 1.66. The molecule has 0 aromatic carbocycles. The second kappa shape index (κ2) is 8.21. The summed E-state index contributed by atoms with van der Waals surface area (Å²) in [7, 11) is 1.49. The molecule has 0 fully saturated rings. The van der Waals surface area contributed by atoms with Crippen LogP contribution in [0.1, 0.15) is 20.3 Å². The number of amidine groups is 1. The lowest BCUT2D eigenvalue weighted by Crippen LogP contribution is -2.47. The van der Waals surface area contributed by atoms with Gasteiger partial charge in [-0.25, -0.2) is 0 Å². The van der Waals surface area contributed by atoms with Gasteiger partial charge >= 0.3 is 6.18 Å². The number of nitrogens with zero attached hydrogens (tertiary/aromatic N) is 2. The lowest BCUT2D eigenvalue weighted by atomic mass is 10.1. The van der Waals surface area contributed by atoms with Gasteiger partial charge in [0.05, 0.1) is 6.61 Å². The number of ether oxygens (including phenoxy) is 1. The highest BCUT2D eigenvalue weighted by molar-refractivity contribution is 5.83. The fourth-order valence-electron chi connectivity index (χ4n) is 1.63. The van der Waals surface area contributed by atoms with Crippen LogP contribution in [-0.2, 0) is 4.74 Å². The van der Waals surface area contributed by atoms with Gasteiger partial charge in [-0.1, -0.05) is 12.1 Å². The average Bonchev–Trinajstić information content (AvgIpc) is 2.35. The van der Waals surface area contributed by atoms with Gasteiger partial charge in [-0.3, -0.25) is 4.90 Å². The van der Waals surface area contributed by atoms with Gasteiger partial charge in [0, 0.05) is 26.2 Å². The first-order valence-electron chi connectivity index (χ1n) is 6.05. The third-order valence-electron chi connectivity index (χ3n) is 3.08. The molecule has 0 aromatic heterocycles. The zero-order chi connectivity index (χ0) is 15.1. The molecule has 0 aliphatic rings. The number of methoxy groups -OCH3 is 1. The van der Waals surface area contributed by atoms with Crippen LogP contribution < -0.4 is 5.73 Å². The molecule has 0 spiro atoms. The summed E-state index contributed by atoms with van der Waals surface area (Å²) >= 11 is 0. The Morgan fingerprint density at radius 3 is 2.42 bits per heavy atom. The molecule has 0 radical (unpaired) electrons. The van der Waals surface area contributed by atoms with Crippen molar-refractivity contribution in [2.45, 2.75) is 32.5 Å². The first kappa shape index (κ1) is 18.0. The number of hydrogen-bond donors (Lipinski definition) is 2. The highest BCUT2D eigenvalue weighted by Crippen LogP contribution is 2.28. The summed E-state index contributed by atoms with van der Waals surface area (Å²) in [5.41, 5.74) is 5.14. The largest absolute Gasteiger partial charge is 0.409 e. The molecule has 0 heterocycles. The fraction of sp³-hybridized carbons (Fsp3) is 0.909. The molecule has 0 aliphatic heterocycles. The minimum atomic E-state index is -4.55. The molecule has 0 rings (SSSR count). The third kappa shape index (κ3) is 6.11. The summed E-state index contributed by atoms with van der Waals surface area (Å²) in [5.74, 6) is -2.80. The first-order chi connectivity index (χ1) is 8.77. The Hall–Kier alpha value is -1.02. The van der Waals surface area contributed by atoms with Gasteiger partial charge in [0.15, 0.2) is 5.84 Å². The van der Waals surface area contributed by atoms with Gasteiger partial charge in [0.1, 0.15) is 5.92 Å². The Balaban J connectivity index is 4.92. The number of nitrogens with two attached hydrogens (primary N) is 1. The molecule has 114 valence electrons. The van der Waals surface area contributed by atoms with Crippen LogP contribution in [0.2, 0.25) is 0 Å². The van der Waals surface area contributed by atoms with Crippen LogP contribution in [0.5, 0.6) is 0 Å². The molecular weight excluding hydrogens is 263 g/mol. The van der Waals surface area contributed by atoms with E-state index in [2.05, 4.69) is 5.16 Å². The Morgan fingerprint density at radius 1 is 1.47 bits per heavy atom. The molecule has 0 amide bonds. The summed E-state index contributed by atoms with van der Waals surface area (Å²) in [6.07, 6.45) is -3.85. The topological polar surface area (TPSA) is 71.1 Å². The van der Waals surface area contributed by atoms with Crippen LogP contribution >= 0.6 is 0 Å². The van der Waals surface area contributed by atoms with E-state index >= 15 is 0 Å². The van der Waals surface area contributed by atoms with Gasteiger partial charge in [-0.2, -0.15) is 13.2 Å². The van der Waals surface area contributed by atoms with Gasteiger partial charge in [-0.15, -0.1) is 0 Å². The molecule has 8 heteroatoms. The van der Waals surface area contributed by atoms with Crippen LogP contribution in [0.25, 0.3) is 0 Å². The number of oxime groups is 1. The third-order valence-corrected chi connectivity index (χ3v) is 3.08. The molecular formula is C11H22F3N3O2. The van der Waals surface area contributed by atoms with Gasteiger partial charge < -0.3 is 15.7 Å². The molecule has 0 aliphatic carbocycles. The Bertz CT molecular complexity index is 285. The van der Waals surface area contributed by atoms with Crippen molar-refractivity contribution in [1.82, 2.24) is 4.90 Å². The van der Waals surface area contributed by atoms with Crippen LogP contribution in [-0.4, -0.2) is 55.0 Å².